The fourth-order valence-electron chi connectivity index (χ4n) is 1.13. The molecule has 0 spiro atoms. The molecule has 0 radical (unpaired) electrons. The normalized spacial score (nSPS) is 9.73. The molecule has 0 saturated carbocycles. The summed E-state index contributed by atoms with van der Waals surface area (Å²) >= 11 is 0. The van der Waals surface area contributed by atoms with Gasteiger partial charge >= 0.3 is 0 Å². The van der Waals surface area contributed by atoms with E-state index < -0.39 is 0 Å². The summed E-state index contributed by atoms with van der Waals surface area (Å²) in [7, 11) is 0. The van der Waals surface area contributed by atoms with Crippen molar-refractivity contribution in [3.05, 3.63) is 23.0 Å². The molecule has 0 fully saturated rings. The second-order valence-electron chi connectivity index (χ2n) is 2.54. The second kappa shape index (κ2) is 2.78. The number of aromatic nitrogens is 2. The number of hydrogen-bond acceptors (Lipinski definition) is 3. The molecule has 3 heteroatoms. The van der Waals surface area contributed by atoms with Crippen molar-refractivity contribution in [1.29, 1.82) is 0 Å². The number of aryl methyl sites for hydroxylation is 2. The lowest BCUT2D eigenvalue weighted by Gasteiger charge is -2.01. The molecule has 0 aliphatic carbocycles. The molecule has 0 unspecified atom stereocenters. The fourth-order valence-corrected chi connectivity index (χ4v) is 1.13. The molecular formula is C8H10N2O. The molecule has 0 aromatic carbocycles. The third-order valence-corrected chi connectivity index (χ3v) is 1.57. The largest absolute Gasteiger partial charge is 0.294 e. The van der Waals surface area contributed by atoms with Crippen molar-refractivity contribution in [1.82, 2.24) is 10.2 Å². The van der Waals surface area contributed by atoms with Crippen LogP contribution in [0.2, 0.25) is 0 Å². The van der Waals surface area contributed by atoms with E-state index in [1.54, 1.807) is 13.1 Å². The molecule has 0 amide bonds. The highest BCUT2D eigenvalue weighted by Crippen LogP contribution is 2.08. The number of nitrogens with zero attached hydrogens (tertiary/aromatic N) is 2. The van der Waals surface area contributed by atoms with Crippen LogP contribution < -0.4 is 0 Å². The van der Waals surface area contributed by atoms with Gasteiger partial charge in [-0.25, -0.2) is 0 Å². The highest BCUT2D eigenvalue weighted by atomic mass is 16.1. The van der Waals surface area contributed by atoms with Gasteiger partial charge in [0.1, 0.15) is 0 Å². The maximum Gasteiger partial charge on any atom is 0.162 e. The average Bonchev–Trinajstić information content (AvgIpc) is 1.85. The molecule has 1 rings (SSSR count). The van der Waals surface area contributed by atoms with E-state index >= 15 is 0 Å². The van der Waals surface area contributed by atoms with Crippen LogP contribution in [0, 0.1) is 13.8 Å². The topological polar surface area (TPSA) is 42.9 Å². The summed E-state index contributed by atoms with van der Waals surface area (Å²) in [5, 5.41) is 7.52. The fraction of sp³-hybridized carbons (Fsp3) is 0.375. The zero-order valence-corrected chi connectivity index (χ0v) is 6.88. The van der Waals surface area contributed by atoms with E-state index in [1.807, 2.05) is 6.92 Å². The summed E-state index contributed by atoms with van der Waals surface area (Å²) in [6, 6.07) is 0. The summed E-state index contributed by atoms with van der Waals surface area (Å²) in [5.41, 5.74) is 2.29. The minimum absolute atomic E-state index is 0.0508. The van der Waals surface area contributed by atoms with Gasteiger partial charge in [0, 0.05) is 5.56 Å². The first-order valence-electron chi connectivity index (χ1n) is 3.42. The number of hydrogen-bond donors (Lipinski definition) is 0. The Bertz CT molecular complexity index is 274. The van der Waals surface area contributed by atoms with Crippen molar-refractivity contribution in [2.24, 2.45) is 0 Å². The molecule has 3 nitrogen and oxygen atoms in total. The Morgan fingerprint density at radius 3 is 2.45 bits per heavy atom. The standard InChI is InChI=1S/C8H10N2O/c1-5-4-9-10-6(2)8(5)7(3)11/h4H,1-3H3. The molecule has 1 aromatic heterocycles. The quantitative estimate of drug-likeness (QED) is 0.566. The molecule has 58 valence electrons. The Morgan fingerprint density at radius 2 is 2.09 bits per heavy atom. The summed E-state index contributed by atoms with van der Waals surface area (Å²) < 4.78 is 0. The van der Waals surface area contributed by atoms with Gasteiger partial charge in [-0.15, -0.1) is 0 Å². The van der Waals surface area contributed by atoms with Crippen molar-refractivity contribution in [3.8, 4) is 0 Å². The minimum atomic E-state index is 0.0508. The zero-order chi connectivity index (χ0) is 8.43. The summed E-state index contributed by atoms with van der Waals surface area (Å²) in [6.07, 6.45) is 1.60. The van der Waals surface area contributed by atoms with Crippen LogP contribution in [0.3, 0.4) is 0 Å². The third kappa shape index (κ3) is 1.42. The van der Waals surface area contributed by atoms with Crippen LogP contribution in [0.5, 0.6) is 0 Å². The van der Waals surface area contributed by atoms with Gasteiger partial charge in [0.15, 0.2) is 5.78 Å². The predicted octanol–water partition coefficient (Wildman–Crippen LogP) is 1.30. The van der Waals surface area contributed by atoms with E-state index in [2.05, 4.69) is 10.2 Å². The Hall–Kier alpha value is -1.25. The van der Waals surface area contributed by atoms with Crippen molar-refractivity contribution < 1.29 is 4.79 Å². The van der Waals surface area contributed by atoms with Crippen LogP contribution in [0.4, 0.5) is 0 Å². The van der Waals surface area contributed by atoms with Crippen molar-refractivity contribution in [2.75, 3.05) is 0 Å². The van der Waals surface area contributed by atoms with Crippen LogP contribution in [0.25, 0.3) is 0 Å². The van der Waals surface area contributed by atoms with E-state index in [0.717, 1.165) is 5.56 Å². The lowest BCUT2D eigenvalue weighted by Crippen LogP contribution is -2.03. The van der Waals surface area contributed by atoms with Crippen LogP contribution in [-0.4, -0.2) is 16.0 Å². The minimum Gasteiger partial charge on any atom is -0.294 e. The van der Waals surface area contributed by atoms with Crippen LogP contribution in [0.1, 0.15) is 28.5 Å². The van der Waals surface area contributed by atoms with Crippen molar-refractivity contribution >= 4 is 5.78 Å². The molecule has 0 bridgehead atoms. The maximum absolute atomic E-state index is 11.0. The Kier molecular flexibility index (Phi) is 1.98. The molecule has 0 aliphatic rings. The first kappa shape index (κ1) is 7.85. The molecule has 1 heterocycles. The average molecular weight is 150 g/mol. The Morgan fingerprint density at radius 1 is 1.45 bits per heavy atom. The van der Waals surface area contributed by atoms with Crippen LogP contribution in [0.15, 0.2) is 6.20 Å². The zero-order valence-electron chi connectivity index (χ0n) is 6.88. The van der Waals surface area contributed by atoms with E-state index in [1.165, 1.54) is 6.92 Å². The van der Waals surface area contributed by atoms with E-state index in [0.29, 0.717) is 11.3 Å². The molecule has 0 atom stereocenters. The van der Waals surface area contributed by atoms with Gasteiger partial charge in [0.05, 0.1) is 11.9 Å². The van der Waals surface area contributed by atoms with Gasteiger partial charge in [-0.1, -0.05) is 0 Å². The maximum atomic E-state index is 11.0. The molecule has 1 aromatic rings. The number of Topliss-reactive ketones (excluding diaryl/α,β-unsaturated/α-hetero) is 1. The molecule has 11 heavy (non-hydrogen) atoms. The number of rotatable bonds is 1. The predicted molar refractivity (Wildman–Crippen MR) is 41.5 cm³/mol. The van der Waals surface area contributed by atoms with Gasteiger partial charge in [0.25, 0.3) is 0 Å². The summed E-state index contributed by atoms with van der Waals surface area (Å²) in [4.78, 5) is 11.0. The van der Waals surface area contributed by atoms with Gasteiger partial charge in [0.2, 0.25) is 0 Å². The monoisotopic (exact) mass is 150 g/mol. The lowest BCUT2D eigenvalue weighted by atomic mass is 10.1. The Labute approximate surface area is 65.5 Å². The SMILES string of the molecule is CC(=O)c1c(C)cnnc1C. The molecule has 0 aliphatic heterocycles. The number of carbonyl (C=O) groups excluding carboxylic acids is 1. The van der Waals surface area contributed by atoms with Gasteiger partial charge in [-0.3, -0.25) is 4.79 Å². The van der Waals surface area contributed by atoms with Crippen LogP contribution in [-0.2, 0) is 0 Å². The van der Waals surface area contributed by atoms with E-state index in [4.69, 9.17) is 0 Å². The molecule has 0 saturated heterocycles. The lowest BCUT2D eigenvalue weighted by molar-refractivity contribution is 0.101. The number of carbonyl (C=O) groups is 1. The Balaban J connectivity index is 3.32. The van der Waals surface area contributed by atoms with E-state index in [9.17, 15) is 4.79 Å². The third-order valence-electron chi connectivity index (χ3n) is 1.57. The highest BCUT2D eigenvalue weighted by molar-refractivity contribution is 5.96. The van der Waals surface area contributed by atoms with E-state index in [-0.39, 0.29) is 5.78 Å². The summed E-state index contributed by atoms with van der Waals surface area (Å²) in [6.45, 7) is 5.19. The smallest absolute Gasteiger partial charge is 0.162 e. The van der Waals surface area contributed by atoms with Gasteiger partial charge in [-0.05, 0) is 26.3 Å². The highest BCUT2D eigenvalue weighted by Gasteiger charge is 2.07. The molecule has 0 N–H and O–H groups in total. The summed E-state index contributed by atoms with van der Waals surface area (Å²) in [5.74, 6) is 0.0508. The number of ketones is 1. The second-order valence-corrected chi connectivity index (χ2v) is 2.54. The van der Waals surface area contributed by atoms with Gasteiger partial charge in [-0.2, -0.15) is 10.2 Å². The van der Waals surface area contributed by atoms with Crippen LogP contribution >= 0.6 is 0 Å². The van der Waals surface area contributed by atoms with Gasteiger partial charge < -0.3 is 0 Å². The van der Waals surface area contributed by atoms with Crippen molar-refractivity contribution in [2.45, 2.75) is 20.8 Å². The molecular weight excluding hydrogens is 140 g/mol. The van der Waals surface area contributed by atoms with Crippen molar-refractivity contribution in [3.63, 3.8) is 0 Å². The first-order valence-corrected chi connectivity index (χ1v) is 3.42. The first-order chi connectivity index (χ1) is 5.13.